The highest BCUT2D eigenvalue weighted by molar-refractivity contribution is 7.93. The van der Waals surface area contributed by atoms with Crippen LogP contribution in [-0.4, -0.2) is 51.3 Å². The number of hydrogen-bond acceptors (Lipinski definition) is 6. The van der Waals surface area contributed by atoms with Crippen molar-refractivity contribution in [2.24, 2.45) is 0 Å². The van der Waals surface area contributed by atoms with Crippen molar-refractivity contribution >= 4 is 38.4 Å². The molecule has 9 heteroatoms. The molecule has 1 aliphatic heterocycles. The molecule has 174 valence electrons. The van der Waals surface area contributed by atoms with Crippen molar-refractivity contribution in [3.8, 4) is 0 Å². The summed E-state index contributed by atoms with van der Waals surface area (Å²) >= 11 is 0. The van der Waals surface area contributed by atoms with Crippen LogP contribution >= 0.6 is 0 Å². The molecule has 1 aliphatic rings. The second kappa shape index (κ2) is 8.64. The molecule has 8 nitrogen and oxygen atoms in total. The summed E-state index contributed by atoms with van der Waals surface area (Å²) in [4.78, 5) is 26.2. The lowest BCUT2D eigenvalue weighted by Gasteiger charge is -2.26. The van der Waals surface area contributed by atoms with E-state index in [0.29, 0.717) is 54.1 Å². The molecule has 0 spiro atoms. The van der Waals surface area contributed by atoms with E-state index in [1.807, 2.05) is 13.0 Å². The van der Waals surface area contributed by atoms with Crippen LogP contribution in [0.3, 0.4) is 0 Å². The lowest BCUT2D eigenvalue weighted by Crippen LogP contribution is -2.40. The van der Waals surface area contributed by atoms with E-state index >= 15 is 0 Å². The summed E-state index contributed by atoms with van der Waals surface area (Å²) in [6.45, 7) is 8.56. The van der Waals surface area contributed by atoms with Gasteiger partial charge >= 0.3 is 0 Å². The van der Waals surface area contributed by atoms with Gasteiger partial charge in [0, 0.05) is 35.3 Å². The zero-order valence-electron chi connectivity index (χ0n) is 19.0. The summed E-state index contributed by atoms with van der Waals surface area (Å²) in [5, 5.41) is 0.585. The lowest BCUT2D eigenvalue weighted by molar-refractivity contribution is 0.0283. The Morgan fingerprint density at radius 3 is 2.24 bits per heavy atom. The van der Waals surface area contributed by atoms with Gasteiger partial charge in [0.2, 0.25) is 0 Å². The minimum atomic E-state index is -4.05. The Labute approximate surface area is 192 Å². The molecule has 0 unspecified atom stereocenters. The van der Waals surface area contributed by atoms with E-state index in [2.05, 4.69) is 4.72 Å². The highest BCUT2D eigenvalue weighted by atomic mass is 32.2. The predicted octanol–water partition coefficient (Wildman–Crippen LogP) is 3.83. The largest absolute Gasteiger partial charge is 0.449 e. The number of ether oxygens (including phenoxy) is 1. The summed E-state index contributed by atoms with van der Waals surface area (Å²) < 4.78 is 40.7. The first kappa shape index (κ1) is 23.0. The number of nitrogens with one attached hydrogen (secondary N) is 1. The van der Waals surface area contributed by atoms with Crippen molar-refractivity contribution < 1.29 is 27.2 Å². The highest BCUT2D eigenvalue weighted by Gasteiger charge is 2.30. The van der Waals surface area contributed by atoms with Gasteiger partial charge in [-0.05, 0) is 69.2 Å². The van der Waals surface area contributed by atoms with Crippen molar-refractivity contribution in [3.05, 3.63) is 58.3 Å². The Balaban J connectivity index is 1.80. The van der Waals surface area contributed by atoms with Gasteiger partial charge in [0.05, 0.1) is 13.2 Å². The molecule has 1 amide bonds. The number of carbonyl (C=O) groups is 2. The van der Waals surface area contributed by atoms with Crippen molar-refractivity contribution in [3.63, 3.8) is 0 Å². The second-order valence-electron chi connectivity index (χ2n) is 8.22. The van der Waals surface area contributed by atoms with Crippen molar-refractivity contribution in [1.29, 1.82) is 0 Å². The average molecular weight is 471 g/mol. The smallest absolute Gasteiger partial charge is 0.290 e. The number of aryl methyl sites for hydroxylation is 2. The van der Waals surface area contributed by atoms with Crippen molar-refractivity contribution in [1.82, 2.24) is 4.90 Å². The number of nitrogens with zero attached hydrogens (tertiary/aromatic N) is 1. The van der Waals surface area contributed by atoms with Crippen LogP contribution in [0.5, 0.6) is 0 Å². The molecule has 1 N–H and O–H groups in total. The Bertz CT molecular complexity index is 1350. The number of sulfonamides is 1. The molecule has 1 saturated heterocycles. The Hall–Kier alpha value is -3.17. The molecular weight excluding hydrogens is 444 g/mol. The number of benzene rings is 2. The van der Waals surface area contributed by atoms with Gasteiger partial charge in [-0.25, -0.2) is 8.42 Å². The predicted molar refractivity (Wildman–Crippen MR) is 124 cm³/mol. The van der Waals surface area contributed by atoms with Gasteiger partial charge in [-0.2, -0.15) is 0 Å². The van der Waals surface area contributed by atoms with E-state index in [1.54, 1.807) is 30.9 Å². The van der Waals surface area contributed by atoms with Crippen molar-refractivity contribution in [2.75, 3.05) is 31.0 Å². The van der Waals surface area contributed by atoms with E-state index in [0.717, 1.165) is 5.56 Å². The fraction of sp³-hybridized carbons (Fsp3) is 0.333. The maximum Gasteiger partial charge on any atom is 0.290 e. The van der Waals surface area contributed by atoms with Gasteiger partial charge in [-0.15, -0.1) is 0 Å². The molecule has 2 heterocycles. The average Bonchev–Trinajstić information content (AvgIpc) is 3.10. The molecular formula is C24H26N2O6S. The van der Waals surface area contributed by atoms with Crippen LogP contribution in [-0.2, 0) is 14.8 Å². The summed E-state index contributed by atoms with van der Waals surface area (Å²) in [5.74, 6) is -0.248. The van der Waals surface area contributed by atoms with E-state index in [1.165, 1.54) is 19.1 Å². The normalized spacial score (nSPS) is 14.5. The van der Waals surface area contributed by atoms with Gasteiger partial charge in [-0.3, -0.25) is 14.3 Å². The number of amides is 1. The Morgan fingerprint density at radius 1 is 1.00 bits per heavy atom. The number of ketones is 1. The third kappa shape index (κ3) is 4.26. The quantitative estimate of drug-likeness (QED) is 0.568. The first-order valence-electron chi connectivity index (χ1n) is 10.6. The Morgan fingerprint density at radius 2 is 1.64 bits per heavy atom. The standard InChI is InChI=1S/C24H26N2O6S/c1-14-13-20-16(3)21(24(28)26-9-11-31-12-10-26)32-22(20)23(15(14)2)33(29,30)25-19-7-5-18(6-8-19)17(4)27/h5-8,13,25H,9-12H2,1-4H3. The highest BCUT2D eigenvalue weighted by Crippen LogP contribution is 2.36. The van der Waals surface area contributed by atoms with Crippen LogP contribution in [0.2, 0.25) is 0 Å². The number of hydrogen-bond donors (Lipinski definition) is 1. The topological polar surface area (TPSA) is 106 Å². The van der Waals surface area contributed by atoms with Gasteiger partial charge in [0.25, 0.3) is 15.9 Å². The first-order chi connectivity index (χ1) is 15.6. The minimum Gasteiger partial charge on any atom is -0.449 e. The van der Waals surface area contributed by atoms with E-state index < -0.39 is 10.0 Å². The van der Waals surface area contributed by atoms with Crippen LogP contribution in [0.1, 0.15) is 44.5 Å². The summed E-state index contributed by atoms with van der Waals surface area (Å²) in [7, 11) is -4.05. The number of carbonyl (C=O) groups excluding carboxylic acids is 2. The number of furan rings is 1. The molecule has 4 rings (SSSR count). The van der Waals surface area contributed by atoms with Gasteiger partial charge in [0.15, 0.2) is 17.1 Å². The molecule has 0 saturated carbocycles. The summed E-state index contributed by atoms with van der Waals surface area (Å²) in [6.07, 6.45) is 0. The fourth-order valence-corrected chi connectivity index (χ4v) is 5.47. The third-order valence-corrected chi connectivity index (χ3v) is 7.53. The molecule has 0 radical (unpaired) electrons. The Kier molecular flexibility index (Phi) is 6.02. The number of anilines is 1. The number of fused-ring (bicyclic) bond motifs is 1. The van der Waals surface area contributed by atoms with Gasteiger partial charge < -0.3 is 14.1 Å². The van der Waals surface area contributed by atoms with Crippen LogP contribution in [0, 0.1) is 20.8 Å². The molecule has 1 aromatic heterocycles. The number of Topliss-reactive ketones (excluding diaryl/α,β-unsaturated/α-hetero) is 1. The molecule has 3 aromatic rings. The van der Waals surface area contributed by atoms with Crippen LogP contribution in [0.4, 0.5) is 5.69 Å². The molecule has 0 aliphatic carbocycles. The fourth-order valence-electron chi connectivity index (χ4n) is 3.96. The summed E-state index contributed by atoms with van der Waals surface area (Å²) in [6, 6.07) is 8.05. The molecule has 33 heavy (non-hydrogen) atoms. The maximum atomic E-state index is 13.4. The van der Waals surface area contributed by atoms with Crippen molar-refractivity contribution in [2.45, 2.75) is 32.6 Å². The van der Waals surface area contributed by atoms with E-state index in [-0.39, 0.29) is 27.9 Å². The molecule has 1 fully saturated rings. The van der Waals surface area contributed by atoms with E-state index in [4.69, 9.17) is 9.15 Å². The molecule has 0 atom stereocenters. The maximum absolute atomic E-state index is 13.4. The number of rotatable bonds is 5. The molecule has 0 bridgehead atoms. The van der Waals surface area contributed by atoms with Gasteiger partial charge in [0.1, 0.15) is 4.90 Å². The van der Waals surface area contributed by atoms with E-state index in [9.17, 15) is 18.0 Å². The second-order valence-corrected chi connectivity index (χ2v) is 9.84. The summed E-state index contributed by atoms with van der Waals surface area (Å²) in [5.41, 5.74) is 2.87. The van der Waals surface area contributed by atoms with Crippen LogP contribution in [0.25, 0.3) is 11.0 Å². The van der Waals surface area contributed by atoms with Crippen LogP contribution < -0.4 is 4.72 Å². The zero-order valence-corrected chi connectivity index (χ0v) is 19.8. The minimum absolute atomic E-state index is 0.00253. The number of morpholine rings is 1. The lowest BCUT2D eigenvalue weighted by atomic mass is 10.0. The van der Waals surface area contributed by atoms with Gasteiger partial charge in [-0.1, -0.05) is 0 Å². The third-order valence-electron chi connectivity index (χ3n) is 6.00. The molecule has 2 aromatic carbocycles. The SMILES string of the molecule is CC(=O)c1ccc(NS(=O)(=O)c2c(C)c(C)cc3c(C)c(C(=O)N4CCOCC4)oc23)cc1. The monoisotopic (exact) mass is 470 g/mol. The zero-order chi connectivity index (χ0) is 23.9. The van der Waals surface area contributed by atoms with Crippen LogP contribution in [0.15, 0.2) is 39.6 Å². The first-order valence-corrected chi connectivity index (χ1v) is 12.1.